The third-order valence-electron chi connectivity index (χ3n) is 4.95. The first kappa shape index (κ1) is 19.3. The maximum Gasteiger partial charge on any atom is 0.193 e. The number of fused-ring (bicyclic) bond motifs is 1. The molecule has 0 aliphatic carbocycles. The molecule has 1 aromatic heterocycles. The van der Waals surface area contributed by atoms with Crippen LogP contribution >= 0.6 is 0 Å². The number of aryl methyl sites for hydroxylation is 2. The molecule has 1 aromatic carbocycles. The summed E-state index contributed by atoms with van der Waals surface area (Å²) in [6.07, 6.45) is 6.65. The van der Waals surface area contributed by atoms with Crippen molar-refractivity contribution in [2.24, 2.45) is 4.99 Å². The first-order valence-electron chi connectivity index (χ1n) is 9.74. The average molecular weight is 372 g/mol. The van der Waals surface area contributed by atoms with Gasteiger partial charge in [-0.05, 0) is 37.0 Å². The number of aliphatic imine (C=N–C) groups is 1. The summed E-state index contributed by atoms with van der Waals surface area (Å²) in [4.78, 5) is 6.38. The van der Waals surface area contributed by atoms with Gasteiger partial charge < -0.3 is 14.8 Å². The monoisotopic (exact) mass is 372 g/mol. The molecule has 27 heavy (non-hydrogen) atoms. The van der Waals surface area contributed by atoms with E-state index in [1.165, 1.54) is 31.4 Å². The van der Waals surface area contributed by atoms with E-state index in [1.807, 2.05) is 11.9 Å². The Hall–Kier alpha value is -2.44. The van der Waals surface area contributed by atoms with E-state index in [0.717, 1.165) is 55.5 Å². The first-order valence-corrected chi connectivity index (χ1v) is 9.74. The van der Waals surface area contributed by atoms with Gasteiger partial charge in [-0.1, -0.05) is 18.6 Å². The number of hydrogen-bond donors (Lipinski definition) is 1. The maximum atomic E-state index is 13.0. The van der Waals surface area contributed by atoms with Crippen molar-refractivity contribution in [1.82, 2.24) is 25.0 Å². The minimum Gasteiger partial charge on any atom is -0.356 e. The Labute approximate surface area is 160 Å². The van der Waals surface area contributed by atoms with Crippen LogP contribution in [0, 0.1) is 5.82 Å². The Kier molecular flexibility index (Phi) is 6.79. The second-order valence-electron chi connectivity index (χ2n) is 7.05. The predicted molar refractivity (Wildman–Crippen MR) is 105 cm³/mol. The minimum absolute atomic E-state index is 0.213. The molecule has 0 saturated carbocycles. The fourth-order valence-electron chi connectivity index (χ4n) is 3.50. The van der Waals surface area contributed by atoms with Crippen LogP contribution in [0.15, 0.2) is 29.3 Å². The fraction of sp³-hybridized carbons (Fsp3) is 0.550. The van der Waals surface area contributed by atoms with Crippen LogP contribution in [0.25, 0.3) is 0 Å². The van der Waals surface area contributed by atoms with E-state index >= 15 is 0 Å². The average Bonchev–Trinajstić information content (AvgIpc) is 2.90. The van der Waals surface area contributed by atoms with Crippen molar-refractivity contribution in [2.45, 2.75) is 51.6 Å². The summed E-state index contributed by atoms with van der Waals surface area (Å²) in [6, 6.07) is 6.58. The van der Waals surface area contributed by atoms with Crippen LogP contribution in [-0.2, 0) is 25.9 Å². The van der Waals surface area contributed by atoms with Crippen molar-refractivity contribution in [3.05, 3.63) is 47.3 Å². The topological polar surface area (TPSA) is 58.3 Å². The van der Waals surface area contributed by atoms with E-state index in [4.69, 9.17) is 0 Å². The minimum atomic E-state index is -0.213. The lowest BCUT2D eigenvalue weighted by atomic mass is 10.2. The Morgan fingerprint density at radius 2 is 2.04 bits per heavy atom. The number of hydrogen-bond acceptors (Lipinski definition) is 3. The Morgan fingerprint density at radius 1 is 1.22 bits per heavy atom. The van der Waals surface area contributed by atoms with Gasteiger partial charge in [0.2, 0.25) is 0 Å². The smallest absolute Gasteiger partial charge is 0.193 e. The highest BCUT2D eigenvalue weighted by atomic mass is 19.1. The molecule has 0 radical (unpaired) electrons. The molecular weight excluding hydrogens is 343 g/mol. The zero-order chi connectivity index (χ0) is 19.1. The van der Waals surface area contributed by atoms with Crippen LogP contribution in [0.4, 0.5) is 4.39 Å². The van der Waals surface area contributed by atoms with E-state index < -0.39 is 0 Å². The highest BCUT2D eigenvalue weighted by Gasteiger charge is 2.14. The summed E-state index contributed by atoms with van der Waals surface area (Å²) < 4.78 is 15.3. The van der Waals surface area contributed by atoms with Crippen molar-refractivity contribution < 1.29 is 4.39 Å². The highest BCUT2D eigenvalue weighted by molar-refractivity contribution is 5.79. The largest absolute Gasteiger partial charge is 0.356 e. The van der Waals surface area contributed by atoms with Crippen LogP contribution in [0.5, 0.6) is 0 Å². The number of guanidine groups is 1. The first-order chi connectivity index (χ1) is 13.2. The summed E-state index contributed by atoms with van der Waals surface area (Å²) in [7, 11) is 3.76. The lowest BCUT2D eigenvalue weighted by molar-refractivity contribution is 0.474. The molecule has 1 aliphatic heterocycles. The quantitative estimate of drug-likeness (QED) is 0.481. The summed E-state index contributed by atoms with van der Waals surface area (Å²) >= 11 is 0. The van der Waals surface area contributed by atoms with E-state index in [0.29, 0.717) is 6.54 Å². The van der Waals surface area contributed by atoms with Gasteiger partial charge in [0, 0.05) is 46.6 Å². The van der Waals surface area contributed by atoms with Crippen molar-refractivity contribution in [3.63, 3.8) is 0 Å². The van der Waals surface area contributed by atoms with E-state index in [2.05, 4.69) is 25.1 Å². The predicted octanol–water partition coefficient (Wildman–Crippen LogP) is 2.78. The normalized spacial score (nSPS) is 14.6. The number of nitrogens with one attached hydrogen (secondary N) is 1. The molecule has 2 aromatic rings. The van der Waals surface area contributed by atoms with E-state index in [1.54, 1.807) is 19.2 Å². The molecular formula is C20H29FN6. The molecule has 0 fully saturated rings. The third kappa shape index (κ3) is 5.28. The van der Waals surface area contributed by atoms with Gasteiger partial charge >= 0.3 is 0 Å². The van der Waals surface area contributed by atoms with Gasteiger partial charge in [0.25, 0.3) is 0 Å². The van der Waals surface area contributed by atoms with Gasteiger partial charge in [0.1, 0.15) is 17.5 Å². The van der Waals surface area contributed by atoms with Gasteiger partial charge in [-0.25, -0.2) is 4.39 Å². The third-order valence-corrected chi connectivity index (χ3v) is 4.95. The number of benzene rings is 1. The van der Waals surface area contributed by atoms with Crippen molar-refractivity contribution in [2.75, 3.05) is 20.6 Å². The molecule has 1 aliphatic rings. The SMILES string of the molecule is CN=C(NCCCc1nnc2n1CCCCC2)N(C)Cc1ccc(F)cc1. The summed E-state index contributed by atoms with van der Waals surface area (Å²) in [5.74, 6) is 2.86. The Balaban J connectivity index is 1.46. The molecule has 0 unspecified atom stereocenters. The van der Waals surface area contributed by atoms with E-state index in [-0.39, 0.29) is 5.82 Å². The number of aromatic nitrogens is 3. The molecule has 0 saturated heterocycles. The molecule has 0 bridgehead atoms. The zero-order valence-corrected chi connectivity index (χ0v) is 16.3. The molecule has 7 heteroatoms. The lowest BCUT2D eigenvalue weighted by Gasteiger charge is -2.22. The fourth-order valence-corrected chi connectivity index (χ4v) is 3.50. The summed E-state index contributed by atoms with van der Waals surface area (Å²) in [5.41, 5.74) is 1.05. The molecule has 1 N–H and O–H groups in total. The maximum absolute atomic E-state index is 13.0. The highest BCUT2D eigenvalue weighted by Crippen LogP contribution is 2.15. The molecule has 6 nitrogen and oxygen atoms in total. The van der Waals surface area contributed by atoms with Gasteiger partial charge in [0.15, 0.2) is 5.96 Å². The summed E-state index contributed by atoms with van der Waals surface area (Å²) in [6.45, 7) is 2.55. The van der Waals surface area contributed by atoms with Crippen LogP contribution < -0.4 is 5.32 Å². The van der Waals surface area contributed by atoms with Crippen LogP contribution in [0.3, 0.4) is 0 Å². The van der Waals surface area contributed by atoms with E-state index in [9.17, 15) is 4.39 Å². The Bertz CT molecular complexity index is 752. The second kappa shape index (κ2) is 9.48. The Morgan fingerprint density at radius 3 is 2.81 bits per heavy atom. The van der Waals surface area contributed by atoms with Crippen LogP contribution in [-0.4, -0.2) is 46.3 Å². The van der Waals surface area contributed by atoms with Gasteiger partial charge in [-0.2, -0.15) is 0 Å². The number of rotatable bonds is 6. The number of halogens is 1. The molecule has 3 rings (SSSR count). The summed E-state index contributed by atoms with van der Waals surface area (Å²) in [5, 5.41) is 12.2. The van der Waals surface area contributed by atoms with Crippen molar-refractivity contribution in [1.29, 1.82) is 0 Å². The second-order valence-corrected chi connectivity index (χ2v) is 7.05. The van der Waals surface area contributed by atoms with Gasteiger partial charge in [0.05, 0.1) is 0 Å². The van der Waals surface area contributed by atoms with Crippen molar-refractivity contribution >= 4 is 5.96 Å². The molecule has 0 atom stereocenters. The molecule has 2 heterocycles. The molecule has 0 amide bonds. The number of nitrogens with zero attached hydrogens (tertiary/aromatic N) is 5. The van der Waals surface area contributed by atoms with Gasteiger partial charge in [-0.15, -0.1) is 10.2 Å². The molecule has 146 valence electrons. The van der Waals surface area contributed by atoms with Crippen LogP contribution in [0.2, 0.25) is 0 Å². The zero-order valence-electron chi connectivity index (χ0n) is 16.3. The van der Waals surface area contributed by atoms with Gasteiger partial charge in [-0.3, -0.25) is 4.99 Å². The lowest BCUT2D eigenvalue weighted by Crippen LogP contribution is -2.39. The van der Waals surface area contributed by atoms with Crippen molar-refractivity contribution in [3.8, 4) is 0 Å². The van der Waals surface area contributed by atoms with Crippen LogP contribution in [0.1, 0.15) is 42.9 Å². The molecule has 0 spiro atoms. The standard InChI is InChI=1S/C20H29FN6/c1-22-20(26(2)15-16-9-11-17(21)12-10-16)23-13-6-8-19-25-24-18-7-4-3-5-14-27(18)19/h9-12H,3-8,13-15H2,1-2H3,(H,22,23).